The number of fused-ring (bicyclic) bond motifs is 3. The van der Waals surface area contributed by atoms with Crippen LogP contribution in [-0.2, 0) is 17.9 Å². The van der Waals surface area contributed by atoms with Crippen LogP contribution in [0.5, 0.6) is 0 Å². The first-order valence-corrected chi connectivity index (χ1v) is 12.2. The lowest BCUT2D eigenvalue weighted by Gasteiger charge is -2.26. The van der Waals surface area contributed by atoms with Crippen LogP contribution in [0.3, 0.4) is 0 Å². The lowest BCUT2D eigenvalue weighted by molar-refractivity contribution is -0.122. The van der Waals surface area contributed by atoms with Crippen LogP contribution in [-0.4, -0.2) is 26.3 Å². The highest BCUT2D eigenvalue weighted by molar-refractivity contribution is 6.07. The molecule has 6 heteroatoms. The zero-order valence-corrected chi connectivity index (χ0v) is 20.2. The first-order chi connectivity index (χ1) is 16.4. The molecular formula is C28H32N4O2. The third-order valence-electron chi connectivity index (χ3n) is 7.28. The van der Waals surface area contributed by atoms with Crippen molar-refractivity contribution >= 4 is 27.7 Å². The minimum Gasteiger partial charge on any atom is -0.352 e. The van der Waals surface area contributed by atoms with Gasteiger partial charge in [-0.05, 0) is 62.6 Å². The van der Waals surface area contributed by atoms with Gasteiger partial charge in [0.2, 0.25) is 5.91 Å². The van der Waals surface area contributed by atoms with E-state index in [9.17, 15) is 9.59 Å². The third kappa shape index (κ3) is 4.25. The standard InChI is InChI=1S/C28H32N4O2/c1-18-9-12-22(13-10-18)30-26(33)17-32-28(34)27-24(15-29-32)23-6-4-5-7-25(23)31(27)16-21-14-19(2)8-11-20(21)3/h4-8,11,14-15,18,22H,9-10,12-13,16-17H2,1-3H3,(H,30,33). The first-order valence-electron chi connectivity index (χ1n) is 12.2. The highest BCUT2D eigenvalue weighted by Crippen LogP contribution is 2.28. The summed E-state index contributed by atoms with van der Waals surface area (Å²) in [5.74, 6) is 0.574. The molecule has 5 rings (SSSR count). The van der Waals surface area contributed by atoms with Crippen LogP contribution in [0.4, 0.5) is 0 Å². The first kappa shape index (κ1) is 22.4. The number of nitrogens with one attached hydrogen (secondary N) is 1. The Labute approximate surface area is 199 Å². The van der Waals surface area contributed by atoms with E-state index in [1.165, 1.54) is 21.4 Å². The zero-order chi connectivity index (χ0) is 23.8. The molecule has 2 heterocycles. The Morgan fingerprint density at radius 2 is 1.82 bits per heavy atom. The van der Waals surface area contributed by atoms with Crippen molar-refractivity contribution in [2.45, 2.75) is 65.6 Å². The van der Waals surface area contributed by atoms with E-state index in [4.69, 9.17) is 0 Å². The predicted octanol–water partition coefficient (Wildman–Crippen LogP) is 4.71. The zero-order valence-electron chi connectivity index (χ0n) is 20.2. The van der Waals surface area contributed by atoms with Crippen LogP contribution >= 0.6 is 0 Å². The van der Waals surface area contributed by atoms with Crippen LogP contribution in [0.1, 0.15) is 49.3 Å². The molecule has 34 heavy (non-hydrogen) atoms. The van der Waals surface area contributed by atoms with Gasteiger partial charge in [-0.15, -0.1) is 0 Å². The Morgan fingerprint density at radius 3 is 2.62 bits per heavy atom. The van der Waals surface area contributed by atoms with Crippen LogP contribution in [0.25, 0.3) is 21.8 Å². The topological polar surface area (TPSA) is 68.9 Å². The average molecular weight is 457 g/mol. The summed E-state index contributed by atoms with van der Waals surface area (Å²) in [7, 11) is 0. The number of para-hydroxylation sites is 1. The highest BCUT2D eigenvalue weighted by atomic mass is 16.2. The largest absolute Gasteiger partial charge is 0.352 e. The van der Waals surface area contributed by atoms with Gasteiger partial charge < -0.3 is 9.88 Å². The number of hydrogen-bond acceptors (Lipinski definition) is 3. The van der Waals surface area contributed by atoms with Crippen molar-refractivity contribution < 1.29 is 4.79 Å². The molecule has 6 nitrogen and oxygen atoms in total. The van der Waals surface area contributed by atoms with Gasteiger partial charge in [-0.25, -0.2) is 4.68 Å². The Balaban J connectivity index is 1.52. The van der Waals surface area contributed by atoms with Gasteiger partial charge in [0.1, 0.15) is 12.1 Å². The molecule has 0 unspecified atom stereocenters. The molecule has 4 aromatic rings. The van der Waals surface area contributed by atoms with Crippen LogP contribution < -0.4 is 10.9 Å². The van der Waals surface area contributed by atoms with Crippen molar-refractivity contribution in [3.8, 4) is 0 Å². The van der Waals surface area contributed by atoms with Crippen molar-refractivity contribution in [3.05, 3.63) is 75.7 Å². The number of hydrogen-bond donors (Lipinski definition) is 1. The molecule has 0 bridgehead atoms. The Morgan fingerprint density at radius 1 is 1.06 bits per heavy atom. The highest BCUT2D eigenvalue weighted by Gasteiger charge is 2.21. The van der Waals surface area contributed by atoms with Gasteiger partial charge in [0.25, 0.3) is 5.56 Å². The maximum absolute atomic E-state index is 13.6. The molecule has 1 amide bonds. The van der Waals surface area contributed by atoms with E-state index in [1.807, 2.05) is 24.3 Å². The number of aromatic nitrogens is 3. The van der Waals surface area contributed by atoms with Gasteiger partial charge >= 0.3 is 0 Å². The molecule has 0 aliphatic heterocycles. The Kier molecular flexibility index (Phi) is 5.98. The smallest absolute Gasteiger partial charge is 0.291 e. The summed E-state index contributed by atoms with van der Waals surface area (Å²) < 4.78 is 3.38. The quantitative estimate of drug-likeness (QED) is 0.473. The fraction of sp³-hybridized carbons (Fsp3) is 0.393. The third-order valence-corrected chi connectivity index (χ3v) is 7.28. The normalized spacial score (nSPS) is 18.4. The van der Waals surface area contributed by atoms with Gasteiger partial charge in [0.05, 0.1) is 6.20 Å². The summed E-state index contributed by atoms with van der Waals surface area (Å²) in [4.78, 5) is 26.4. The van der Waals surface area contributed by atoms with Crippen molar-refractivity contribution in [2.75, 3.05) is 0 Å². The number of nitrogens with zero attached hydrogens (tertiary/aromatic N) is 3. The van der Waals surface area contributed by atoms with Crippen molar-refractivity contribution in [1.82, 2.24) is 19.7 Å². The van der Waals surface area contributed by atoms with E-state index in [-0.39, 0.29) is 24.1 Å². The number of carbonyl (C=O) groups is 1. The molecule has 2 aromatic carbocycles. The number of rotatable bonds is 5. The number of aryl methyl sites for hydroxylation is 2. The van der Waals surface area contributed by atoms with E-state index in [2.05, 4.69) is 54.0 Å². The molecule has 1 fully saturated rings. The van der Waals surface area contributed by atoms with Gasteiger partial charge in [-0.2, -0.15) is 5.10 Å². The fourth-order valence-electron chi connectivity index (χ4n) is 5.23. The second-order valence-corrected chi connectivity index (χ2v) is 9.93. The van der Waals surface area contributed by atoms with Crippen molar-refractivity contribution in [1.29, 1.82) is 0 Å². The predicted molar refractivity (Wildman–Crippen MR) is 136 cm³/mol. The molecule has 176 valence electrons. The van der Waals surface area contributed by atoms with Gasteiger partial charge in [-0.3, -0.25) is 9.59 Å². The lowest BCUT2D eigenvalue weighted by Crippen LogP contribution is -2.41. The van der Waals surface area contributed by atoms with Crippen molar-refractivity contribution in [2.24, 2.45) is 5.92 Å². The SMILES string of the molecule is Cc1ccc(C)c(Cn2c3ccccc3c3cnn(CC(=O)NC4CCC(C)CC4)c(=O)c32)c1. The Hall–Kier alpha value is -3.41. The molecule has 0 atom stereocenters. The van der Waals surface area contributed by atoms with E-state index in [1.54, 1.807) is 6.20 Å². The number of benzene rings is 2. The maximum Gasteiger partial charge on any atom is 0.291 e. The van der Waals surface area contributed by atoms with E-state index >= 15 is 0 Å². The van der Waals surface area contributed by atoms with E-state index < -0.39 is 0 Å². The molecule has 1 saturated carbocycles. The number of carbonyl (C=O) groups excluding carboxylic acids is 1. The number of amides is 1. The van der Waals surface area contributed by atoms with Gasteiger partial charge in [0, 0.05) is 28.9 Å². The average Bonchev–Trinajstić information content (AvgIpc) is 3.14. The second-order valence-electron chi connectivity index (χ2n) is 9.93. The Bertz CT molecular complexity index is 1420. The fourth-order valence-corrected chi connectivity index (χ4v) is 5.23. The summed E-state index contributed by atoms with van der Waals surface area (Å²) in [6, 6.07) is 14.6. The molecule has 0 saturated heterocycles. The van der Waals surface area contributed by atoms with Crippen LogP contribution in [0.15, 0.2) is 53.5 Å². The second kappa shape index (κ2) is 9.09. The summed E-state index contributed by atoms with van der Waals surface area (Å²) in [5.41, 5.74) is 4.91. The molecule has 0 radical (unpaired) electrons. The van der Waals surface area contributed by atoms with Gasteiger partial charge in [0.15, 0.2) is 0 Å². The minimum absolute atomic E-state index is 0.0637. The van der Waals surface area contributed by atoms with E-state index in [0.717, 1.165) is 47.9 Å². The summed E-state index contributed by atoms with van der Waals surface area (Å²) in [6.45, 7) is 6.96. The monoisotopic (exact) mass is 456 g/mol. The molecular weight excluding hydrogens is 424 g/mol. The summed E-state index contributed by atoms with van der Waals surface area (Å²) in [5, 5.41) is 9.32. The molecule has 2 aromatic heterocycles. The molecule has 1 N–H and O–H groups in total. The van der Waals surface area contributed by atoms with E-state index in [0.29, 0.717) is 12.1 Å². The van der Waals surface area contributed by atoms with Gasteiger partial charge in [-0.1, -0.05) is 48.9 Å². The van der Waals surface area contributed by atoms with Crippen LogP contribution in [0.2, 0.25) is 0 Å². The maximum atomic E-state index is 13.6. The lowest BCUT2D eigenvalue weighted by atomic mass is 9.87. The molecule has 0 spiro atoms. The minimum atomic E-state index is -0.230. The van der Waals surface area contributed by atoms with Crippen LogP contribution in [0, 0.1) is 19.8 Å². The molecule has 1 aliphatic rings. The molecule has 1 aliphatic carbocycles. The summed E-state index contributed by atoms with van der Waals surface area (Å²) >= 11 is 0. The van der Waals surface area contributed by atoms with Crippen molar-refractivity contribution in [3.63, 3.8) is 0 Å². The summed E-state index contributed by atoms with van der Waals surface area (Å²) in [6.07, 6.45) is 5.99.